The first-order valence-electron chi connectivity index (χ1n) is 7.20. The van der Waals surface area contributed by atoms with E-state index in [0.717, 1.165) is 23.3 Å². The van der Waals surface area contributed by atoms with E-state index in [9.17, 15) is 9.59 Å². The van der Waals surface area contributed by atoms with Gasteiger partial charge in [-0.3, -0.25) is 4.79 Å². The number of carbonyl (C=O) groups is 2. The third kappa shape index (κ3) is 3.12. The molecule has 22 heavy (non-hydrogen) atoms. The van der Waals surface area contributed by atoms with Crippen LogP contribution in [0.4, 0.5) is 0 Å². The van der Waals surface area contributed by atoms with Crippen LogP contribution in [0.2, 0.25) is 0 Å². The van der Waals surface area contributed by atoms with E-state index in [2.05, 4.69) is 0 Å². The summed E-state index contributed by atoms with van der Waals surface area (Å²) < 4.78 is 10.5. The molecule has 6 nitrogen and oxygen atoms in total. The third-order valence-corrected chi connectivity index (χ3v) is 3.79. The van der Waals surface area contributed by atoms with E-state index in [-0.39, 0.29) is 19.1 Å². The van der Waals surface area contributed by atoms with Crippen molar-refractivity contribution < 1.29 is 24.2 Å². The van der Waals surface area contributed by atoms with Gasteiger partial charge in [-0.25, -0.2) is 4.79 Å². The second-order valence-electron chi connectivity index (χ2n) is 5.28. The summed E-state index contributed by atoms with van der Waals surface area (Å²) in [5.74, 6) is -0.340. The number of amides is 1. The molecule has 0 aliphatic carbocycles. The van der Waals surface area contributed by atoms with Gasteiger partial charge in [-0.05, 0) is 29.3 Å². The highest BCUT2D eigenvalue weighted by molar-refractivity contribution is 5.92. The number of aliphatic carboxylic acids is 1. The average Bonchev–Trinajstić information content (AvgIpc) is 3.00. The van der Waals surface area contributed by atoms with Crippen LogP contribution in [0.5, 0.6) is 5.75 Å². The number of morpholine rings is 1. The summed E-state index contributed by atoms with van der Waals surface area (Å²) in [6, 6.07) is 5.81. The zero-order chi connectivity index (χ0) is 15.5. The molecule has 0 radical (unpaired) electrons. The van der Waals surface area contributed by atoms with Gasteiger partial charge in [0, 0.05) is 19.0 Å². The van der Waals surface area contributed by atoms with Crippen LogP contribution in [0.1, 0.15) is 11.1 Å². The third-order valence-electron chi connectivity index (χ3n) is 3.79. The molecule has 0 aromatic heterocycles. The van der Waals surface area contributed by atoms with E-state index in [1.165, 1.54) is 11.0 Å². The van der Waals surface area contributed by atoms with Gasteiger partial charge < -0.3 is 19.5 Å². The van der Waals surface area contributed by atoms with Gasteiger partial charge in [0.05, 0.1) is 19.8 Å². The molecular formula is C16H17NO5. The molecule has 116 valence electrons. The molecule has 1 N–H and O–H groups in total. The molecule has 1 unspecified atom stereocenters. The van der Waals surface area contributed by atoms with Crippen LogP contribution in [-0.2, 0) is 20.7 Å². The highest BCUT2D eigenvalue weighted by Crippen LogP contribution is 2.26. The van der Waals surface area contributed by atoms with Crippen LogP contribution < -0.4 is 4.74 Å². The Kier molecular flexibility index (Phi) is 4.11. The van der Waals surface area contributed by atoms with Gasteiger partial charge in [-0.15, -0.1) is 0 Å². The first-order chi connectivity index (χ1) is 10.6. The average molecular weight is 303 g/mol. The van der Waals surface area contributed by atoms with Gasteiger partial charge in [0.15, 0.2) is 6.10 Å². The number of hydrogen-bond acceptors (Lipinski definition) is 4. The normalized spacial score (nSPS) is 20.7. The fraction of sp³-hybridized carbons (Fsp3) is 0.375. The molecule has 1 aromatic carbocycles. The Morgan fingerprint density at radius 1 is 1.32 bits per heavy atom. The van der Waals surface area contributed by atoms with E-state index < -0.39 is 12.1 Å². The Bertz CT molecular complexity index is 625. The van der Waals surface area contributed by atoms with E-state index in [4.69, 9.17) is 14.6 Å². The van der Waals surface area contributed by atoms with Crippen molar-refractivity contribution in [3.63, 3.8) is 0 Å². The first kappa shape index (κ1) is 14.6. The van der Waals surface area contributed by atoms with Crippen molar-refractivity contribution in [1.82, 2.24) is 4.90 Å². The fourth-order valence-corrected chi connectivity index (χ4v) is 2.58. The first-order valence-corrected chi connectivity index (χ1v) is 7.20. The predicted octanol–water partition coefficient (Wildman–Crippen LogP) is 0.947. The number of carboxylic acid groups (broad SMARTS) is 1. The number of hydrogen-bond donors (Lipinski definition) is 1. The molecule has 1 amide bonds. The highest BCUT2D eigenvalue weighted by atomic mass is 16.5. The molecule has 0 spiro atoms. The molecule has 6 heteroatoms. The van der Waals surface area contributed by atoms with Crippen molar-refractivity contribution in [2.45, 2.75) is 12.5 Å². The lowest BCUT2D eigenvalue weighted by atomic mass is 10.1. The van der Waals surface area contributed by atoms with Gasteiger partial charge in [-0.2, -0.15) is 0 Å². The number of nitrogens with zero attached hydrogens (tertiary/aromatic N) is 1. The van der Waals surface area contributed by atoms with Crippen LogP contribution >= 0.6 is 0 Å². The number of rotatable bonds is 3. The standard InChI is InChI=1S/C16H17NO5/c18-15(17-6-8-22-14(10-17)16(19)20)4-2-11-1-3-13-12(9-11)5-7-21-13/h1-4,9,14H,5-8,10H2,(H,19,20)/b4-2+. The van der Waals surface area contributed by atoms with Gasteiger partial charge in [0.2, 0.25) is 5.91 Å². The van der Waals surface area contributed by atoms with E-state index in [1.807, 2.05) is 18.2 Å². The largest absolute Gasteiger partial charge is 0.493 e. The molecule has 1 atom stereocenters. The minimum Gasteiger partial charge on any atom is -0.493 e. The summed E-state index contributed by atoms with van der Waals surface area (Å²) in [5.41, 5.74) is 2.08. The lowest BCUT2D eigenvalue weighted by Gasteiger charge is -2.30. The molecule has 2 aliphatic rings. The maximum atomic E-state index is 12.1. The molecule has 2 aliphatic heterocycles. The maximum Gasteiger partial charge on any atom is 0.334 e. The fourth-order valence-electron chi connectivity index (χ4n) is 2.58. The highest BCUT2D eigenvalue weighted by Gasteiger charge is 2.27. The van der Waals surface area contributed by atoms with Crippen LogP contribution in [0.3, 0.4) is 0 Å². The Balaban J connectivity index is 1.64. The van der Waals surface area contributed by atoms with Gasteiger partial charge >= 0.3 is 5.97 Å². The summed E-state index contributed by atoms with van der Waals surface area (Å²) in [5, 5.41) is 8.94. The topological polar surface area (TPSA) is 76.1 Å². The van der Waals surface area contributed by atoms with E-state index in [0.29, 0.717) is 13.2 Å². The number of carboxylic acids is 1. The van der Waals surface area contributed by atoms with Crippen LogP contribution in [0.15, 0.2) is 24.3 Å². The Morgan fingerprint density at radius 2 is 2.18 bits per heavy atom. The summed E-state index contributed by atoms with van der Waals surface area (Å²) >= 11 is 0. The minimum atomic E-state index is -1.04. The Hall–Kier alpha value is -2.34. The van der Waals surface area contributed by atoms with Crippen molar-refractivity contribution in [2.24, 2.45) is 0 Å². The summed E-state index contributed by atoms with van der Waals surface area (Å²) in [7, 11) is 0. The van der Waals surface area contributed by atoms with Crippen molar-refractivity contribution >= 4 is 18.0 Å². The van der Waals surface area contributed by atoms with Crippen molar-refractivity contribution in [3.8, 4) is 5.75 Å². The van der Waals surface area contributed by atoms with Crippen molar-refractivity contribution in [1.29, 1.82) is 0 Å². The van der Waals surface area contributed by atoms with Crippen molar-refractivity contribution in [3.05, 3.63) is 35.4 Å². The monoisotopic (exact) mass is 303 g/mol. The zero-order valence-electron chi connectivity index (χ0n) is 12.0. The lowest BCUT2D eigenvalue weighted by molar-refractivity contribution is -0.158. The Morgan fingerprint density at radius 3 is 3.00 bits per heavy atom. The number of ether oxygens (including phenoxy) is 2. The molecule has 1 saturated heterocycles. The summed E-state index contributed by atoms with van der Waals surface area (Å²) in [6.45, 7) is 1.43. The molecule has 2 heterocycles. The predicted molar refractivity (Wildman–Crippen MR) is 78.6 cm³/mol. The quantitative estimate of drug-likeness (QED) is 0.841. The van der Waals surface area contributed by atoms with E-state index >= 15 is 0 Å². The molecule has 0 bridgehead atoms. The second kappa shape index (κ2) is 6.19. The molecule has 0 saturated carbocycles. The molecule has 1 aromatic rings. The zero-order valence-corrected chi connectivity index (χ0v) is 12.0. The van der Waals surface area contributed by atoms with Crippen molar-refractivity contribution in [2.75, 3.05) is 26.3 Å². The minimum absolute atomic E-state index is 0.0799. The van der Waals surface area contributed by atoms with Crippen LogP contribution in [-0.4, -0.2) is 54.3 Å². The maximum absolute atomic E-state index is 12.1. The number of carbonyl (C=O) groups excluding carboxylic acids is 1. The smallest absolute Gasteiger partial charge is 0.334 e. The second-order valence-corrected chi connectivity index (χ2v) is 5.28. The molecule has 1 fully saturated rings. The summed E-state index contributed by atoms with van der Waals surface area (Å²) in [4.78, 5) is 24.6. The lowest BCUT2D eigenvalue weighted by Crippen LogP contribution is -2.48. The molecule has 3 rings (SSSR count). The van der Waals surface area contributed by atoms with E-state index in [1.54, 1.807) is 6.08 Å². The Labute approximate surface area is 127 Å². The van der Waals surface area contributed by atoms with Crippen LogP contribution in [0, 0.1) is 0 Å². The van der Waals surface area contributed by atoms with Gasteiger partial charge in [0.1, 0.15) is 5.75 Å². The summed E-state index contributed by atoms with van der Waals surface area (Å²) in [6.07, 6.45) is 3.16. The van der Waals surface area contributed by atoms with Gasteiger partial charge in [-0.1, -0.05) is 6.07 Å². The SMILES string of the molecule is O=C(O)C1CN(C(=O)/C=C/c2ccc3c(c2)CCO3)CCO1. The number of fused-ring (bicyclic) bond motifs is 1. The van der Waals surface area contributed by atoms with Gasteiger partial charge in [0.25, 0.3) is 0 Å². The molecular weight excluding hydrogens is 286 g/mol. The number of benzene rings is 1. The van der Waals surface area contributed by atoms with Crippen LogP contribution in [0.25, 0.3) is 6.08 Å².